The third-order valence-electron chi connectivity index (χ3n) is 7.79. The standard InChI is InChI=1S/C32H34N8O7/c33-22(9-17-13-35-23-7-3-1-5-20(17)23)29(43)38-26(11-19-15-34-16-37-19)31(45)39-25(30(44)40-27(32(46)47)12-28(41)42)10-18-14-36-24-8-4-2-6-21(18)24/h1-8,13-16,22,25-27,35-36H,9-12,33H2,(H,34,37)(H,38,43)(H,39,45)(H,40,44)(H,41,42)(H,46,47). The summed E-state index contributed by atoms with van der Waals surface area (Å²) in [5.41, 5.74) is 9.93. The van der Waals surface area contributed by atoms with Crippen molar-refractivity contribution in [3.05, 3.63) is 90.3 Å². The van der Waals surface area contributed by atoms with Gasteiger partial charge in [0.2, 0.25) is 17.7 Å². The van der Waals surface area contributed by atoms with Crippen molar-refractivity contribution in [2.24, 2.45) is 5.73 Å². The molecule has 0 saturated heterocycles. The smallest absolute Gasteiger partial charge is 0.326 e. The van der Waals surface area contributed by atoms with Gasteiger partial charge in [0.25, 0.3) is 0 Å². The predicted molar refractivity (Wildman–Crippen MR) is 170 cm³/mol. The minimum Gasteiger partial charge on any atom is -0.481 e. The third-order valence-corrected chi connectivity index (χ3v) is 7.79. The first-order valence-corrected chi connectivity index (χ1v) is 14.8. The zero-order chi connectivity index (χ0) is 33.5. The molecule has 4 unspecified atom stereocenters. The van der Waals surface area contributed by atoms with E-state index in [1.54, 1.807) is 18.5 Å². The average Bonchev–Trinajstić information content (AvgIpc) is 3.81. The van der Waals surface area contributed by atoms with Gasteiger partial charge in [0.15, 0.2) is 0 Å². The van der Waals surface area contributed by atoms with E-state index >= 15 is 0 Å². The third kappa shape index (κ3) is 8.01. The quantitative estimate of drug-likeness (QED) is 0.0780. The highest BCUT2D eigenvalue weighted by atomic mass is 16.4. The molecule has 15 heteroatoms. The lowest BCUT2D eigenvalue weighted by atomic mass is 10.0. The van der Waals surface area contributed by atoms with Crippen LogP contribution >= 0.6 is 0 Å². The molecule has 244 valence electrons. The summed E-state index contributed by atoms with van der Waals surface area (Å²) in [6, 6.07) is 9.50. The van der Waals surface area contributed by atoms with Crippen LogP contribution in [0.15, 0.2) is 73.4 Å². The highest BCUT2D eigenvalue weighted by Gasteiger charge is 2.32. The zero-order valence-electron chi connectivity index (χ0n) is 25.0. The number of carboxylic acids is 2. The molecule has 0 saturated carbocycles. The van der Waals surface area contributed by atoms with Crippen LogP contribution < -0.4 is 21.7 Å². The highest BCUT2D eigenvalue weighted by molar-refractivity contribution is 5.96. The van der Waals surface area contributed by atoms with Crippen LogP contribution in [0.5, 0.6) is 0 Å². The Hall–Kier alpha value is -5.96. The molecule has 47 heavy (non-hydrogen) atoms. The van der Waals surface area contributed by atoms with E-state index in [1.807, 2.05) is 42.5 Å². The summed E-state index contributed by atoms with van der Waals surface area (Å²) in [6.07, 6.45) is 5.53. The van der Waals surface area contributed by atoms with Gasteiger partial charge in [-0.1, -0.05) is 36.4 Å². The van der Waals surface area contributed by atoms with Crippen LogP contribution in [0.4, 0.5) is 0 Å². The molecular weight excluding hydrogens is 608 g/mol. The van der Waals surface area contributed by atoms with Gasteiger partial charge in [0.05, 0.1) is 18.8 Å². The van der Waals surface area contributed by atoms with Crippen molar-refractivity contribution in [3.63, 3.8) is 0 Å². The number of para-hydroxylation sites is 2. The Morgan fingerprint density at radius 1 is 0.702 bits per heavy atom. The molecule has 3 amide bonds. The number of carboxylic acid groups (broad SMARTS) is 2. The van der Waals surface area contributed by atoms with Gasteiger partial charge >= 0.3 is 11.9 Å². The van der Waals surface area contributed by atoms with Crippen LogP contribution in [0.25, 0.3) is 21.8 Å². The first kappa shape index (κ1) is 32.4. The van der Waals surface area contributed by atoms with Gasteiger partial charge in [-0.05, 0) is 29.7 Å². The van der Waals surface area contributed by atoms with Crippen molar-refractivity contribution in [2.45, 2.75) is 49.9 Å². The highest BCUT2D eigenvalue weighted by Crippen LogP contribution is 2.20. The molecule has 15 nitrogen and oxygen atoms in total. The molecule has 0 radical (unpaired) electrons. The topological polar surface area (TPSA) is 248 Å². The molecule has 5 rings (SSSR count). The van der Waals surface area contributed by atoms with Crippen molar-refractivity contribution in [3.8, 4) is 0 Å². The van der Waals surface area contributed by atoms with Gasteiger partial charge in [0, 0.05) is 58.9 Å². The first-order valence-electron chi connectivity index (χ1n) is 14.8. The number of hydrogen-bond acceptors (Lipinski definition) is 7. The van der Waals surface area contributed by atoms with E-state index in [4.69, 9.17) is 10.8 Å². The van der Waals surface area contributed by atoms with E-state index in [0.717, 1.165) is 27.4 Å². The largest absolute Gasteiger partial charge is 0.481 e. The zero-order valence-corrected chi connectivity index (χ0v) is 25.0. The number of aliphatic carboxylic acids is 2. The summed E-state index contributed by atoms with van der Waals surface area (Å²) in [5, 5.41) is 27.9. The van der Waals surface area contributed by atoms with E-state index in [1.165, 1.54) is 12.5 Å². The second-order valence-corrected chi connectivity index (χ2v) is 11.1. The Bertz CT molecular complexity index is 1900. The molecule has 2 aromatic carbocycles. The summed E-state index contributed by atoms with van der Waals surface area (Å²) < 4.78 is 0. The van der Waals surface area contributed by atoms with Crippen molar-refractivity contribution < 1.29 is 34.2 Å². The molecule has 10 N–H and O–H groups in total. The van der Waals surface area contributed by atoms with Gasteiger partial charge < -0.3 is 46.8 Å². The van der Waals surface area contributed by atoms with E-state index in [9.17, 15) is 29.1 Å². The number of hydrogen-bond donors (Lipinski definition) is 9. The maximum Gasteiger partial charge on any atom is 0.326 e. The molecule has 0 bridgehead atoms. The maximum atomic E-state index is 13.8. The molecule has 0 fully saturated rings. The fourth-order valence-corrected chi connectivity index (χ4v) is 5.38. The SMILES string of the molecule is NC(Cc1c[nH]c2ccccc12)C(=O)NC(Cc1cnc[nH]1)C(=O)NC(Cc1c[nH]c2ccccc12)C(=O)NC(CC(=O)O)C(=O)O. The van der Waals surface area contributed by atoms with E-state index in [0.29, 0.717) is 11.3 Å². The van der Waals surface area contributed by atoms with Crippen LogP contribution in [-0.4, -0.2) is 84.0 Å². The number of nitrogens with two attached hydrogens (primary N) is 1. The maximum absolute atomic E-state index is 13.8. The molecule has 4 atom stereocenters. The van der Waals surface area contributed by atoms with Gasteiger partial charge in [0.1, 0.15) is 18.1 Å². The second-order valence-electron chi connectivity index (χ2n) is 11.1. The molecule has 3 heterocycles. The van der Waals surface area contributed by atoms with Crippen molar-refractivity contribution in [2.75, 3.05) is 0 Å². The fourth-order valence-electron chi connectivity index (χ4n) is 5.38. The van der Waals surface area contributed by atoms with Crippen molar-refractivity contribution in [1.82, 2.24) is 35.9 Å². The second kappa shape index (κ2) is 14.4. The minimum absolute atomic E-state index is 0.0322. The number of carbonyl (C=O) groups excluding carboxylic acids is 3. The normalized spacial score (nSPS) is 13.8. The molecule has 0 spiro atoms. The number of aromatic amines is 3. The van der Waals surface area contributed by atoms with Crippen molar-refractivity contribution >= 4 is 51.5 Å². The fraction of sp³-hybridized carbons (Fsp3) is 0.250. The summed E-state index contributed by atoms with van der Waals surface area (Å²) >= 11 is 0. The molecule has 5 aromatic rings. The average molecular weight is 643 g/mol. The molecule has 0 aliphatic carbocycles. The number of aromatic nitrogens is 4. The van der Waals surface area contributed by atoms with Gasteiger partial charge in [-0.3, -0.25) is 19.2 Å². The van der Waals surface area contributed by atoms with Gasteiger partial charge in [-0.25, -0.2) is 9.78 Å². The molecule has 0 aliphatic heterocycles. The van der Waals surface area contributed by atoms with Crippen LogP contribution in [0.3, 0.4) is 0 Å². The van der Waals surface area contributed by atoms with Gasteiger partial charge in [-0.2, -0.15) is 0 Å². The number of imidazole rings is 1. The monoisotopic (exact) mass is 642 g/mol. The lowest BCUT2D eigenvalue weighted by Crippen LogP contribution is -2.58. The number of amides is 3. The van der Waals surface area contributed by atoms with E-state index in [2.05, 4.69) is 35.9 Å². The number of rotatable bonds is 15. The number of nitrogens with one attached hydrogen (secondary N) is 6. The summed E-state index contributed by atoms with van der Waals surface area (Å²) in [6.45, 7) is 0. The number of nitrogens with zero attached hydrogens (tertiary/aromatic N) is 1. The Kier molecular flexibility index (Phi) is 9.96. The lowest BCUT2D eigenvalue weighted by Gasteiger charge is -2.25. The minimum atomic E-state index is -1.75. The lowest BCUT2D eigenvalue weighted by molar-refractivity contribution is -0.147. The summed E-state index contributed by atoms with van der Waals surface area (Å²) in [7, 11) is 0. The summed E-state index contributed by atoms with van der Waals surface area (Å²) in [4.78, 5) is 76.7. The Labute approximate surface area is 267 Å². The van der Waals surface area contributed by atoms with E-state index in [-0.39, 0.29) is 19.3 Å². The number of fused-ring (bicyclic) bond motifs is 2. The summed E-state index contributed by atoms with van der Waals surface area (Å²) in [5.74, 6) is -5.26. The number of benzene rings is 2. The first-order chi connectivity index (χ1) is 22.6. The van der Waals surface area contributed by atoms with Crippen molar-refractivity contribution in [1.29, 1.82) is 0 Å². The van der Waals surface area contributed by atoms with Crippen LogP contribution in [0.1, 0.15) is 23.2 Å². The number of carbonyl (C=O) groups is 5. The molecular formula is C32H34N8O7. The van der Waals surface area contributed by atoms with Crippen LogP contribution in [0.2, 0.25) is 0 Å². The Balaban J connectivity index is 1.37. The predicted octanol–water partition coefficient (Wildman–Crippen LogP) is 0.741. The molecule has 0 aliphatic rings. The molecule has 3 aromatic heterocycles. The number of H-pyrrole nitrogens is 3. The van der Waals surface area contributed by atoms with Crippen LogP contribution in [0, 0.1) is 0 Å². The Morgan fingerprint density at radius 2 is 1.23 bits per heavy atom. The Morgan fingerprint density at radius 3 is 1.79 bits per heavy atom. The van der Waals surface area contributed by atoms with Crippen LogP contribution in [-0.2, 0) is 43.2 Å². The van der Waals surface area contributed by atoms with Gasteiger partial charge in [-0.15, -0.1) is 0 Å². The van der Waals surface area contributed by atoms with E-state index < -0.39 is 60.2 Å².